The highest BCUT2D eigenvalue weighted by atomic mass is 16.2. The maximum atomic E-state index is 12.5. The molecule has 7 heteroatoms. The van der Waals surface area contributed by atoms with Gasteiger partial charge in [-0.3, -0.25) is 9.59 Å². The monoisotopic (exact) mass is 389 g/mol. The molecule has 1 saturated heterocycles. The predicted octanol–water partition coefficient (Wildman–Crippen LogP) is 1.84. The first-order valence-corrected chi connectivity index (χ1v) is 10.3. The molecule has 4 N–H and O–H groups in total. The largest absolute Gasteiger partial charge is 0.398 e. The van der Waals surface area contributed by atoms with Crippen LogP contribution >= 0.6 is 0 Å². The number of nitrogens with two attached hydrogens (primary N) is 1. The van der Waals surface area contributed by atoms with Gasteiger partial charge in [-0.2, -0.15) is 0 Å². The number of amides is 2. The van der Waals surface area contributed by atoms with E-state index in [1.54, 1.807) is 12.1 Å². The molecule has 1 aromatic carbocycles. The molecule has 0 unspecified atom stereocenters. The van der Waals surface area contributed by atoms with E-state index in [1.807, 2.05) is 27.0 Å². The lowest BCUT2D eigenvalue weighted by Gasteiger charge is -2.28. The lowest BCUT2D eigenvalue weighted by Crippen LogP contribution is -2.40. The first-order chi connectivity index (χ1) is 13.4. The Labute approximate surface area is 168 Å². The van der Waals surface area contributed by atoms with Crippen LogP contribution in [0.3, 0.4) is 0 Å². The molecule has 156 valence electrons. The number of nitrogen functional groups attached to an aromatic ring is 1. The van der Waals surface area contributed by atoms with Crippen molar-refractivity contribution in [1.29, 1.82) is 0 Å². The first kappa shape index (κ1) is 22.0. The van der Waals surface area contributed by atoms with E-state index in [0.29, 0.717) is 11.3 Å². The zero-order valence-electron chi connectivity index (χ0n) is 17.5. The third kappa shape index (κ3) is 7.03. The number of piperidine rings is 1. The van der Waals surface area contributed by atoms with Gasteiger partial charge in [-0.25, -0.2) is 0 Å². The van der Waals surface area contributed by atoms with Crippen LogP contribution in [0.15, 0.2) is 18.2 Å². The molecule has 0 atom stereocenters. The maximum Gasteiger partial charge on any atom is 0.253 e. The Balaban J connectivity index is 1.87. The highest BCUT2D eigenvalue weighted by molar-refractivity contribution is 6.01. The standard InChI is InChI=1S/C21H35N5O2/c1-16(2)24-20(27)15-23-21(28)18-14-17(8-9-19(18)22)25(3)10-7-13-26-11-5-4-6-12-26/h8-9,14,16H,4-7,10-13,15,22H2,1-3H3,(H,23,28)(H,24,27). The van der Waals surface area contributed by atoms with Crippen LogP contribution in [-0.4, -0.2) is 62.5 Å². The Morgan fingerprint density at radius 2 is 1.93 bits per heavy atom. The SMILES string of the molecule is CC(C)NC(=O)CNC(=O)c1cc(N(C)CCCN2CCCCC2)ccc1N. The quantitative estimate of drug-likeness (QED) is 0.561. The molecule has 1 fully saturated rings. The summed E-state index contributed by atoms with van der Waals surface area (Å²) in [5, 5.41) is 5.39. The number of nitrogens with zero attached hydrogens (tertiary/aromatic N) is 2. The van der Waals surface area contributed by atoms with Crippen molar-refractivity contribution < 1.29 is 9.59 Å². The average molecular weight is 390 g/mol. The van der Waals surface area contributed by atoms with Gasteiger partial charge in [0, 0.05) is 31.0 Å². The summed E-state index contributed by atoms with van der Waals surface area (Å²) in [7, 11) is 2.03. The molecular formula is C21H35N5O2. The average Bonchev–Trinajstić information content (AvgIpc) is 2.66. The number of carbonyl (C=O) groups is 2. The lowest BCUT2D eigenvalue weighted by molar-refractivity contribution is -0.120. The minimum atomic E-state index is -0.333. The molecule has 0 bridgehead atoms. The fourth-order valence-electron chi connectivity index (χ4n) is 3.45. The van der Waals surface area contributed by atoms with Crippen molar-refractivity contribution in [3.63, 3.8) is 0 Å². The lowest BCUT2D eigenvalue weighted by atomic mass is 10.1. The van der Waals surface area contributed by atoms with Crippen molar-refractivity contribution in [2.75, 3.05) is 50.4 Å². The minimum absolute atomic E-state index is 0.0383. The van der Waals surface area contributed by atoms with Gasteiger partial charge < -0.3 is 26.2 Å². The summed E-state index contributed by atoms with van der Waals surface area (Å²) < 4.78 is 0. The van der Waals surface area contributed by atoms with E-state index in [-0.39, 0.29) is 24.4 Å². The highest BCUT2D eigenvalue weighted by Gasteiger charge is 2.14. The topological polar surface area (TPSA) is 90.7 Å². The van der Waals surface area contributed by atoms with Crippen LogP contribution in [0, 0.1) is 0 Å². The molecule has 0 radical (unpaired) electrons. The van der Waals surface area contributed by atoms with Gasteiger partial charge in [0.05, 0.1) is 12.1 Å². The van der Waals surface area contributed by atoms with Crippen LogP contribution in [-0.2, 0) is 4.79 Å². The molecule has 1 aliphatic rings. The van der Waals surface area contributed by atoms with Gasteiger partial charge in [0.25, 0.3) is 5.91 Å². The van der Waals surface area contributed by atoms with E-state index in [9.17, 15) is 9.59 Å². The second kappa shape index (κ2) is 10.9. The molecule has 2 rings (SSSR count). The number of benzene rings is 1. The van der Waals surface area contributed by atoms with E-state index in [0.717, 1.165) is 25.2 Å². The van der Waals surface area contributed by atoms with Crippen molar-refractivity contribution >= 4 is 23.2 Å². The van der Waals surface area contributed by atoms with Gasteiger partial charge in [0.2, 0.25) is 5.91 Å². The molecule has 0 aromatic heterocycles. The minimum Gasteiger partial charge on any atom is -0.398 e. The molecule has 7 nitrogen and oxygen atoms in total. The molecule has 0 spiro atoms. The van der Waals surface area contributed by atoms with Crippen molar-refractivity contribution in [1.82, 2.24) is 15.5 Å². The summed E-state index contributed by atoms with van der Waals surface area (Å²) in [6.45, 7) is 8.13. The van der Waals surface area contributed by atoms with Crippen LogP contribution in [0.2, 0.25) is 0 Å². The second-order valence-electron chi connectivity index (χ2n) is 7.85. The molecule has 28 heavy (non-hydrogen) atoms. The molecule has 1 aliphatic heterocycles. The second-order valence-corrected chi connectivity index (χ2v) is 7.85. The van der Waals surface area contributed by atoms with Crippen LogP contribution in [0.25, 0.3) is 0 Å². The number of anilines is 2. The molecule has 2 amide bonds. The number of hydrogen-bond acceptors (Lipinski definition) is 5. The summed E-state index contributed by atoms with van der Waals surface area (Å²) in [6.07, 6.45) is 5.05. The van der Waals surface area contributed by atoms with Gasteiger partial charge in [-0.15, -0.1) is 0 Å². The Kier molecular flexibility index (Phi) is 8.57. The van der Waals surface area contributed by atoms with E-state index in [2.05, 4.69) is 20.4 Å². The van der Waals surface area contributed by atoms with E-state index in [4.69, 9.17) is 5.73 Å². The molecular weight excluding hydrogens is 354 g/mol. The van der Waals surface area contributed by atoms with E-state index < -0.39 is 0 Å². The summed E-state index contributed by atoms with van der Waals surface area (Å²) in [6, 6.07) is 5.51. The predicted molar refractivity (Wildman–Crippen MR) is 115 cm³/mol. The summed E-state index contributed by atoms with van der Waals surface area (Å²) in [5.74, 6) is -0.548. The van der Waals surface area contributed by atoms with E-state index in [1.165, 1.54) is 32.4 Å². The Hall–Kier alpha value is -2.28. The van der Waals surface area contributed by atoms with Crippen molar-refractivity contribution in [3.05, 3.63) is 23.8 Å². The van der Waals surface area contributed by atoms with Gasteiger partial charge in [-0.1, -0.05) is 6.42 Å². The Morgan fingerprint density at radius 3 is 2.61 bits per heavy atom. The molecule has 1 heterocycles. The number of nitrogens with one attached hydrogen (secondary N) is 2. The normalized spacial score (nSPS) is 14.7. The summed E-state index contributed by atoms with van der Waals surface area (Å²) in [4.78, 5) is 28.9. The van der Waals surface area contributed by atoms with Gasteiger partial charge in [0.15, 0.2) is 0 Å². The number of carbonyl (C=O) groups excluding carboxylic acids is 2. The summed E-state index contributed by atoms with van der Waals surface area (Å²) >= 11 is 0. The highest BCUT2D eigenvalue weighted by Crippen LogP contribution is 2.21. The fourth-order valence-corrected chi connectivity index (χ4v) is 3.45. The first-order valence-electron chi connectivity index (χ1n) is 10.3. The smallest absolute Gasteiger partial charge is 0.253 e. The zero-order valence-corrected chi connectivity index (χ0v) is 17.5. The number of rotatable bonds is 9. The van der Waals surface area contributed by atoms with Crippen LogP contribution < -0.4 is 21.3 Å². The van der Waals surface area contributed by atoms with Gasteiger partial charge in [-0.05, 0) is 70.9 Å². The zero-order chi connectivity index (χ0) is 20.5. The van der Waals surface area contributed by atoms with Gasteiger partial charge in [0.1, 0.15) is 0 Å². The van der Waals surface area contributed by atoms with Gasteiger partial charge >= 0.3 is 0 Å². The number of hydrogen-bond donors (Lipinski definition) is 3. The van der Waals surface area contributed by atoms with Crippen molar-refractivity contribution in [3.8, 4) is 0 Å². The van der Waals surface area contributed by atoms with Crippen LogP contribution in [0.4, 0.5) is 11.4 Å². The maximum absolute atomic E-state index is 12.5. The van der Waals surface area contributed by atoms with Crippen LogP contribution in [0.5, 0.6) is 0 Å². The Morgan fingerprint density at radius 1 is 1.21 bits per heavy atom. The third-order valence-corrected chi connectivity index (χ3v) is 5.00. The molecule has 0 saturated carbocycles. The third-order valence-electron chi connectivity index (χ3n) is 5.00. The Bertz CT molecular complexity index is 656. The fraction of sp³-hybridized carbons (Fsp3) is 0.619. The van der Waals surface area contributed by atoms with E-state index >= 15 is 0 Å². The molecule has 0 aliphatic carbocycles. The van der Waals surface area contributed by atoms with Crippen molar-refractivity contribution in [2.24, 2.45) is 0 Å². The van der Waals surface area contributed by atoms with Crippen molar-refractivity contribution in [2.45, 2.75) is 45.6 Å². The van der Waals surface area contributed by atoms with Crippen LogP contribution in [0.1, 0.15) is 49.9 Å². The number of likely N-dealkylation sites (tertiary alicyclic amines) is 1. The molecule has 1 aromatic rings. The summed E-state index contributed by atoms with van der Waals surface area (Å²) in [5.41, 5.74) is 7.75.